The van der Waals surface area contributed by atoms with Crippen LogP contribution in [-0.4, -0.2) is 199 Å². The zero-order chi connectivity index (χ0) is 41.1. The second-order valence-corrected chi connectivity index (χ2v) is 15.2. The van der Waals surface area contributed by atoms with E-state index in [-0.39, 0.29) is 495 Å². The second kappa shape index (κ2) is 63.0. The Labute approximate surface area is 784 Å². The largest absolute Gasteiger partial charge is 1.00 e. The van der Waals surface area contributed by atoms with E-state index < -0.39 is 174 Å². The first-order valence-electron chi connectivity index (χ1n) is 11.8. The molecule has 15 atom stereocenters. The Morgan fingerprint density at radius 2 is 0.853 bits per heavy atom. The molecule has 0 radical (unpaired) electrons. The van der Waals surface area contributed by atoms with E-state index in [0.717, 1.165) is 0 Å². The van der Waals surface area contributed by atoms with Gasteiger partial charge in [0.1, 0.15) is 42.7 Å². The molecule has 0 spiro atoms. The molecular formula is C12H21K9O38S9-6. The molecule has 1 rings (SSSR count). The third-order valence-electron chi connectivity index (χ3n) is 5.21. The van der Waals surface area contributed by atoms with Gasteiger partial charge in [0, 0.05) is 0 Å². The molecule has 1 fully saturated rings. The van der Waals surface area contributed by atoms with Crippen molar-refractivity contribution in [2.24, 2.45) is 0 Å². The third-order valence-corrected chi connectivity index (χ3v) is 8.82. The molecule has 0 bridgehead atoms. The molecule has 6 N–H and O–H groups in total. The molecule has 366 valence electrons. The Bertz CT molecular complexity index is 1700. The van der Waals surface area contributed by atoms with Crippen LogP contribution in [0.2, 0.25) is 0 Å². The van der Waals surface area contributed by atoms with Gasteiger partial charge in [0.15, 0.2) is 12.4 Å². The fourth-order valence-electron chi connectivity index (χ4n) is 3.70. The minimum absolute atomic E-state index is 0. The van der Waals surface area contributed by atoms with E-state index in [4.69, 9.17) is 9.47 Å². The van der Waals surface area contributed by atoms with Gasteiger partial charge in [0.2, 0.25) is 31.2 Å². The van der Waals surface area contributed by atoms with E-state index in [9.17, 15) is 91.5 Å². The summed E-state index contributed by atoms with van der Waals surface area (Å²) in [4.78, 5) is 0. The van der Waals surface area contributed by atoms with Crippen LogP contribution < -0.4 is 462 Å². The SMILES string of the molecule is O=S([O-])OC[C@H]1O[C@@H](OC[C@@H](OS(=O)[O-])[C@@H](OS(=O)(=O)[O-])[C@H](OS(=O)[O-])[C@H](COS(=O)(=O)[O-])OS(=O)[O-])[C@H](OS(=O)(=O)[O-])[C@@H](OS(=O)[O-])[C@@H]1OS(=O)[O-].[K+].[K+].[K+].[K+].[K+].[K+].[K+].[K+].[K+].[OH-].[OH-].[OH-].[OH-].[OH-].[OH-]. The van der Waals surface area contributed by atoms with Crippen LogP contribution in [0.3, 0.4) is 0 Å². The summed E-state index contributed by atoms with van der Waals surface area (Å²) in [6, 6.07) is 0. The standard InChI is InChI=1S/C12H24O32S9.9K.6H2O/c13-45(14)35-2-4-7(40-48(19)20)10(42-50(23)24)11(44-53(31,32)33)12(37-4)34-1-5(38-46(15)16)9(43-52(28,29)30)8(41-49(21)22)6(39-47(17)18)3-36-51(25,26)27;;;;;;;;;;;;;;;/h4-12H,1-3H2,(H,13,14)(H,15,16)(H,17,18)(H,19,20)(H,21,22)(H,23,24)(H,25,26,27)(H,28,29,30)(H,31,32,33);;;;;;;;;;6*1H2/q;9*+1;;;;;;/p-15/t4-,5-,6+,7-,8-,9-,10+,11-,12-;;;;;;;;;;;;;;;/m1.............../s1. The normalized spacial score (nSPS) is 21.4. The van der Waals surface area contributed by atoms with E-state index in [1.165, 1.54) is 0 Å². The summed E-state index contributed by atoms with van der Waals surface area (Å²) < 4.78 is 285. The van der Waals surface area contributed by atoms with Crippen LogP contribution in [0.1, 0.15) is 0 Å². The zero-order valence-electron chi connectivity index (χ0n) is 35.7. The quantitative estimate of drug-likeness (QED) is 0.0336. The second-order valence-electron chi connectivity index (χ2n) is 8.47. The number of ether oxygens (including phenoxy) is 2. The van der Waals surface area contributed by atoms with Crippen molar-refractivity contribution >= 4 is 99.4 Å². The topological polar surface area (TPSA) is 694 Å². The van der Waals surface area contributed by atoms with E-state index in [0.29, 0.717) is 0 Å². The Balaban J connectivity index is -0.000000144. The summed E-state index contributed by atoms with van der Waals surface area (Å²) in [6.07, 6.45) is -26.1. The molecule has 0 aromatic carbocycles. The van der Waals surface area contributed by atoms with Gasteiger partial charge >= 0.3 is 462 Å². The molecular weight excluding hydrogens is 1390 g/mol. The first-order chi connectivity index (χ1) is 24.1. The number of hydrogen-bond donors (Lipinski definition) is 0. The minimum atomic E-state index is -6.35. The van der Waals surface area contributed by atoms with Crippen molar-refractivity contribution in [2.75, 3.05) is 19.8 Å². The van der Waals surface area contributed by atoms with Crippen LogP contribution in [0.25, 0.3) is 0 Å². The van der Waals surface area contributed by atoms with E-state index in [2.05, 4.69) is 37.6 Å². The maximum absolute atomic E-state index is 11.6. The minimum Gasteiger partial charge on any atom is -0.870 e. The van der Waals surface area contributed by atoms with Crippen molar-refractivity contribution in [3.63, 3.8) is 0 Å². The summed E-state index contributed by atoms with van der Waals surface area (Å²) in [6.45, 7) is -5.35. The van der Waals surface area contributed by atoms with Gasteiger partial charge in [0.05, 0.1) is 88.0 Å². The van der Waals surface area contributed by atoms with Crippen LogP contribution >= 0.6 is 0 Å². The Morgan fingerprint density at radius 1 is 0.471 bits per heavy atom. The predicted octanol–water partition coefficient (Wildman–Crippen LogP) is -36.4. The predicted molar refractivity (Wildman–Crippen MR) is 155 cm³/mol. The first-order valence-corrected chi connectivity index (χ1v) is 21.8. The summed E-state index contributed by atoms with van der Waals surface area (Å²) in [5.74, 6) is 0. The fraction of sp³-hybridized carbons (Fsp3) is 1.00. The van der Waals surface area contributed by atoms with Crippen molar-refractivity contribution in [1.82, 2.24) is 0 Å². The molecule has 0 saturated carbocycles. The van der Waals surface area contributed by atoms with Gasteiger partial charge in [-0.15, -0.1) is 0 Å². The van der Waals surface area contributed by atoms with Crippen molar-refractivity contribution in [3.8, 4) is 0 Å². The van der Waals surface area contributed by atoms with Crippen LogP contribution in [0.5, 0.6) is 0 Å². The average Bonchev–Trinajstić information content (AvgIpc) is 2.94. The molecule has 1 aliphatic heterocycles. The van der Waals surface area contributed by atoms with Crippen molar-refractivity contribution in [2.45, 2.75) is 55.1 Å². The van der Waals surface area contributed by atoms with E-state index in [1.807, 2.05) is 0 Å². The fourth-order valence-corrected chi connectivity index (χ4v) is 7.18. The summed E-state index contributed by atoms with van der Waals surface area (Å²) in [5, 5.41) is 0. The van der Waals surface area contributed by atoms with E-state index in [1.54, 1.807) is 0 Å². The van der Waals surface area contributed by atoms with Gasteiger partial charge in [-0.2, -0.15) is 0 Å². The Kier molecular flexibility index (Phi) is 111. The van der Waals surface area contributed by atoms with Gasteiger partial charge in [-0.1, -0.05) is 0 Å². The monoisotopic (exact) mass is 1410 g/mol. The average molecular weight is 1410 g/mol. The van der Waals surface area contributed by atoms with Crippen LogP contribution in [0.4, 0.5) is 0 Å². The first kappa shape index (κ1) is 120. The van der Waals surface area contributed by atoms with Crippen LogP contribution in [0, 0.1) is 0 Å². The summed E-state index contributed by atoms with van der Waals surface area (Å²) in [7, 11) is -18.4. The molecule has 1 saturated heterocycles. The smallest absolute Gasteiger partial charge is 0.870 e. The van der Waals surface area contributed by atoms with E-state index >= 15 is 0 Å². The van der Waals surface area contributed by atoms with Gasteiger partial charge in [-0.3, -0.25) is 37.6 Å². The third kappa shape index (κ3) is 59.4. The summed E-state index contributed by atoms with van der Waals surface area (Å²) >= 11 is -23.2. The molecule has 0 aromatic heterocycles. The molecule has 0 aliphatic carbocycles. The molecule has 1 aliphatic rings. The van der Waals surface area contributed by atoms with Gasteiger partial charge in [-0.25, -0.2) is 50.5 Å². The molecule has 0 amide bonds. The van der Waals surface area contributed by atoms with Crippen molar-refractivity contribution in [1.29, 1.82) is 0 Å². The molecule has 56 heteroatoms. The van der Waals surface area contributed by atoms with Gasteiger partial charge in [-0.05, 0) is 0 Å². The Morgan fingerprint density at radius 3 is 1.18 bits per heavy atom. The Hall–Kier alpha value is 14.4. The van der Waals surface area contributed by atoms with Crippen molar-refractivity contribution < 1.29 is 634 Å². The maximum Gasteiger partial charge on any atom is 1.00 e. The van der Waals surface area contributed by atoms with Gasteiger partial charge in [0.25, 0.3) is 0 Å². The number of rotatable bonds is 26. The van der Waals surface area contributed by atoms with Crippen LogP contribution in [-0.2, 0) is 146 Å². The summed E-state index contributed by atoms with van der Waals surface area (Å²) in [5.41, 5.74) is 0. The van der Waals surface area contributed by atoms with Crippen molar-refractivity contribution in [3.05, 3.63) is 0 Å². The molecule has 38 nitrogen and oxygen atoms in total. The van der Waals surface area contributed by atoms with Crippen LogP contribution in [0.15, 0.2) is 0 Å². The maximum atomic E-state index is 11.6. The molecule has 1 heterocycles. The molecule has 0 aromatic rings. The number of hydrogen-bond acceptors (Lipinski definition) is 38. The molecule has 68 heavy (non-hydrogen) atoms. The molecule has 6 unspecified atom stereocenters. The van der Waals surface area contributed by atoms with Gasteiger partial charge < -0.3 is 83.3 Å². The zero-order valence-corrected chi connectivity index (χ0v) is 71.2.